The highest BCUT2D eigenvalue weighted by molar-refractivity contribution is 6.04. The molecule has 6 nitrogen and oxygen atoms in total. The maximum absolute atomic E-state index is 11.9. The minimum Gasteiger partial charge on any atom is -0.356 e. The van der Waals surface area contributed by atoms with Crippen molar-refractivity contribution in [1.29, 1.82) is 0 Å². The molecule has 0 aromatic carbocycles. The van der Waals surface area contributed by atoms with E-state index in [-0.39, 0.29) is 11.7 Å². The Balaban J connectivity index is 2.04. The van der Waals surface area contributed by atoms with Gasteiger partial charge in [0.1, 0.15) is 5.69 Å². The number of hydrogen-bond acceptors (Lipinski definition) is 3. The maximum Gasteiger partial charge on any atom is 0.273 e. The molecule has 2 aromatic heterocycles. The van der Waals surface area contributed by atoms with Crippen LogP contribution in [0.25, 0.3) is 0 Å². The highest BCUT2D eigenvalue weighted by atomic mass is 16.2. The normalized spacial score (nSPS) is 10.4. The summed E-state index contributed by atoms with van der Waals surface area (Å²) in [6.07, 6.45) is 3.42. The lowest BCUT2D eigenvalue weighted by Crippen LogP contribution is -2.12. The molecule has 19 heavy (non-hydrogen) atoms. The molecule has 0 fully saturated rings. The number of nitrogens with one attached hydrogen (secondary N) is 3. The van der Waals surface area contributed by atoms with Crippen LogP contribution in [0.15, 0.2) is 18.3 Å². The number of H-pyrrole nitrogens is 2. The summed E-state index contributed by atoms with van der Waals surface area (Å²) in [5, 5.41) is 9.53. The molecule has 3 N–H and O–H groups in total. The van der Waals surface area contributed by atoms with Gasteiger partial charge in [0, 0.05) is 23.5 Å². The van der Waals surface area contributed by atoms with Gasteiger partial charge in [-0.2, -0.15) is 5.10 Å². The summed E-state index contributed by atoms with van der Waals surface area (Å²) in [7, 11) is 0. The number of aryl methyl sites for hydroxylation is 1. The number of Topliss-reactive ketones (excluding diaryl/α,β-unsaturated/α-hetero) is 1. The minimum absolute atomic E-state index is 0.0831. The van der Waals surface area contributed by atoms with E-state index in [9.17, 15) is 9.59 Å². The van der Waals surface area contributed by atoms with Gasteiger partial charge < -0.3 is 10.3 Å². The van der Waals surface area contributed by atoms with Crippen LogP contribution in [0.3, 0.4) is 0 Å². The van der Waals surface area contributed by atoms with Gasteiger partial charge in [-0.25, -0.2) is 0 Å². The van der Waals surface area contributed by atoms with Crippen LogP contribution in [0, 0.1) is 0 Å². The van der Waals surface area contributed by atoms with Crippen LogP contribution in [0.2, 0.25) is 0 Å². The van der Waals surface area contributed by atoms with Crippen LogP contribution in [0.4, 0.5) is 5.82 Å². The summed E-state index contributed by atoms with van der Waals surface area (Å²) in [6.45, 7) is 3.52. The van der Waals surface area contributed by atoms with E-state index >= 15 is 0 Å². The van der Waals surface area contributed by atoms with Crippen LogP contribution in [0.1, 0.15) is 46.8 Å². The van der Waals surface area contributed by atoms with Gasteiger partial charge in [0.15, 0.2) is 11.6 Å². The van der Waals surface area contributed by atoms with Crippen molar-refractivity contribution in [2.75, 3.05) is 5.32 Å². The van der Waals surface area contributed by atoms with E-state index in [2.05, 4.69) is 27.4 Å². The average molecular weight is 260 g/mol. The van der Waals surface area contributed by atoms with Crippen molar-refractivity contribution >= 4 is 17.5 Å². The Morgan fingerprint density at radius 1 is 1.37 bits per heavy atom. The molecule has 0 saturated carbocycles. The van der Waals surface area contributed by atoms with Crippen molar-refractivity contribution in [2.24, 2.45) is 0 Å². The number of aromatic amines is 2. The van der Waals surface area contributed by atoms with Gasteiger partial charge in [0.25, 0.3) is 5.91 Å². The molecule has 0 radical (unpaired) electrons. The van der Waals surface area contributed by atoms with Gasteiger partial charge in [-0.05, 0) is 19.4 Å². The van der Waals surface area contributed by atoms with E-state index < -0.39 is 0 Å². The summed E-state index contributed by atoms with van der Waals surface area (Å²) in [6, 6.07) is 3.33. The van der Waals surface area contributed by atoms with E-state index in [1.807, 2.05) is 0 Å². The van der Waals surface area contributed by atoms with E-state index in [0.717, 1.165) is 18.5 Å². The number of anilines is 1. The second-order valence-corrected chi connectivity index (χ2v) is 4.34. The van der Waals surface area contributed by atoms with E-state index in [1.54, 1.807) is 6.07 Å². The Morgan fingerprint density at radius 3 is 2.79 bits per heavy atom. The number of carbonyl (C=O) groups is 2. The van der Waals surface area contributed by atoms with Crippen molar-refractivity contribution in [3.63, 3.8) is 0 Å². The fraction of sp³-hybridized carbons (Fsp3) is 0.308. The van der Waals surface area contributed by atoms with Crippen molar-refractivity contribution in [2.45, 2.75) is 26.7 Å². The molecule has 0 aliphatic rings. The quantitative estimate of drug-likeness (QED) is 0.719. The number of nitrogens with zero attached hydrogens (tertiary/aromatic N) is 1. The fourth-order valence-corrected chi connectivity index (χ4v) is 1.74. The largest absolute Gasteiger partial charge is 0.356 e. The number of aromatic nitrogens is 3. The first-order valence-corrected chi connectivity index (χ1v) is 6.15. The molecule has 0 spiro atoms. The summed E-state index contributed by atoms with van der Waals surface area (Å²) < 4.78 is 0. The molecule has 100 valence electrons. The van der Waals surface area contributed by atoms with Crippen molar-refractivity contribution in [3.8, 4) is 0 Å². The van der Waals surface area contributed by atoms with Gasteiger partial charge in [-0.15, -0.1) is 0 Å². The molecule has 0 saturated heterocycles. The standard InChI is InChI=1S/C13H16N4O2/c1-3-4-10-6-12(17-16-10)15-13(19)11-5-9(7-14-11)8(2)18/h5-7,14H,3-4H2,1-2H3,(H2,15,16,17,19). The molecule has 2 rings (SSSR count). The average Bonchev–Trinajstić information content (AvgIpc) is 2.98. The van der Waals surface area contributed by atoms with Crippen LogP contribution >= 0.6 is 0 Å². The Labute approximate surface area is 110 Å². The second-order valence-electron chi connectivity index (χ2n) is 4.34. The second kappa shape index (κ2) is 5.51. The predicted molar refractivity (Wildman–Crippen MR) is 71.3 cm³/mol. The summed E-state index contributed by atoms with van der Waals surface area (Å²) in [5.41, 5.74) is 1.80. The molecule has 2 heterocycles. The first-order chi connectivity index (χ1) is 9.10. The van der Waals surface area contributed by atoms with Crippen molar-refractivity contribution in [1.82, 2.24) is 15.2 Å². The predicted octanol–water partition coefficient (Wildman–Crippen LogP) is 2.15. The van der Waals surface area contributed by atoms with Crippen molar-refractivity contribution in [3.05, 3.63) is 35.3 Å². The van der Waals surface area contributed by atoms with Gasteiger partial charge in [0.2, 0.25) is 0 Å². The number of ketones is 1. The Morgan fingerprint density at radius 2 is 2.16 bits per heavy atom. The number of hydrogen-bond donors (Lipinski definition) is 3. The summed E-state index contributed by atoms with van der Waals surface area (Å²) >= 11 is 0. The zero-order chi connectivity index (χ0) is 13.8. The minimum atomic E-state index is -0.318. The maximum atomic E-state index is 11.9. The van der Waals surface area contributed by atoms with Gasteiger partial charge in [-0.3, -0.25) is 14.7 Å². The highest BCUT2D eigenvalue weighted by Gasteiger charge is 2.12. The monoisotopic (exact) mass is 260 g/mol. The smallest absolute Gasteiger partial charge is 0.273 e. The Bertz CT molecular complexity index is 597. The molecular formula is C13H16N4O2. The Kier molecular flexibility index (Phi) is 3.79. The lowest BCUT2D eigenvalue weighted by Gasteiger charge is -1.97. The number of carbonyl (C=O) groups excluding carboxylic acids is 2. The fourth-order valence-electron chi connectivity index (χ4n) is 1.74. The van der Waals surface area contributed by atoms with Crippen LogP contribution < -0.4 is 5.32 Å². The third-order valence-corrected chi connectivity index (χ3v) is 2.73. The third kappa shape index (κ3) is 3.09. The van der Waals surface area contributed by atoms with E-state index in [1.165, 1.54) is 19.2 Å². The van der Waals surface area contributed by atoms with Gasteiger partial charge in [0.05, 0.1) is 0 Å². The first kappa shape index (κ1) is 13.1. The van der Waals surface area contributed by atoms with Gasteiger partial charge >= 0.3 is 0 Å². The van der Waals surface area contributed by atoms with Gasteiger partial charge in [-0.1, -0.05) is 13.3 Å². The lowest BCUT2D eigenvalue weighted by atomic mass is 10.2. The Hall–Kier alpha value is -2.37. The molecule has 0 unspecified atom stereocenters. The topological polar surface area (TPSA) is 90.6 Å². The van der Waals surface area contributed by atoms with Crippen LogP contribution in [-0.4, -0.2) is 26.9 Å². The molecule has 0 aliphatic carbocycles. The number of amides is 1. The van der Waals surface area contributed by atoms with E-state index in [4.69, 9.17) is 0 Å². The zero-order valence-electron chi connectivity index (χ0n) is 10.9. The molecule has 0 bridgehead atoms. The third-order valence-electron chi connectivity index (χ3n) is 2.73. The molecular weight excluding hydrogens is 244 g/mol. The van der Waals surface area contributed by atoms with Crippen LogP contribution in [0.5, 0.6) is 0 Å². The molecule has 0 aliphatic heterocycles. The molecule has 1 amide bonds. The van der Waals surface area contributed by atoms with Crippen molar-refractivity contribution < 1.29 is 9.59 Å². The highest BCUT2D eigenvalue weighted by Crippen LogP contribution is 2.10. The first-order valence-electron chi connectivity index (χ1n) is 6.15. The van der Waals surface area contributed by atoms with E-state index in [0.29, 0.717) is 17.1 Å². The summed E-state index contributed by atoms with van der Waals surface area (Å²) in [5.74, 6) is 0.0785. The SMILES string of the molecule is CCCc1cc(NC(=O)c2cc(C(C)=O)c[nH]2)n[nH]1. The summed E-state index contributed by atoms with van der Waals surface area (Å²) in [4.78, 5) is 25.8. The number of rotatable bonds is 5. The zero-order valence-corrected chi connectivity index (χ0v) is 10.9. The van der Waals surface area contributed by atoms with Crippen LogP contribution in [-0.2, 0) is 6.42 Å². The molecule has 0 atom stereocenters. The molecule has 6 heteroatoms. The lowest BCUT2D eigenvalue weighted by molar-refractivity contribution is 0.101. The molecule has 2 aromatic rings.